The molecule has 130 valence electrons. The molecule has 1 heterocycles. The maximum Gasteiger partial charge on any atom is 0.243 e. The highest BCUT2D eigenvalue weighted by Gasteiger charge is 2.43. The number of nitrogens with zero attached hydrogens (tertiary/aromatic N) is 2. The van der Waals surface area contributed by atoms with Crippen molar-refractivity contribution in [2.24, 2.45) is 11.0 Å². The molecular weight excluding hydrogens is 346 g/mol. The first kappa shape index (κ1) is 16.7. The number of hydrogen-bond donors (Lipinski definition) is 1. The molecule has 0 radical (unpaired) electrons. The lowest BCUT2D eigenvalue weighted by Crippen LogP contribution is -2.20. The molecule has 0 saturated heterocycles. The van der Waals surface area contributed by atoms with E-state index in [1.807, 2.05) is 55.5 Å². The molecule has 3 aromatic rings. The van der Waals surface area contributed by atoms with Crippen LogP contribution >= 0.6 is 11.6 Å². The lowest BCUT2D eigenvalue weighted by molar-refractivity contribution is -0.122. The number of carbonyl (C=O) groups is 1. The highest BCUT2D eigenvalue weighted by molar-refractivity contribution is 6.30. The quantitative estimate of drug-likeness (QED) is 0.550. The van der Waals surface area contributed by atoms with Gasteiger partial charge in [-0.05, 0) is 66.3 Å². The minimum atomic E-state index is -0.0506. The van der Waals surface area contributed by atoms with E-state index in [0.717, 1.165) is 34.0 Å². The summed E-state index contributed by atoms with van der Waals surface area (Å²) in [7, 11) is 0. The highest BCUT2D eigenvalue weighted by atomic mass is 35.5. The van der Waals surface area contributed by atoms with Gasteiger partial charge in [-0.25, -0.2) is 5.43 Å². The van der Waals surface area contributed by atoms with E-state index in [0.29, 0.717) is 5.02 Å². The van der Waals surface area contributed by atoms with Crippen LogP contribution in [0.25, 0.3) is 10.9 Å². The zero-order valence-corrected chi connectivity index (χ0v) is 15.1. The van der Waals surface area contributed by atoms with Gasteiger partial charge in [0, 0.05) is 22.5 Å². The fourth-order valence-corrected chi connectivity index (χ4v) is 3.52. The first-order valence-corrected chi connectivity index (χ1v) is 8.93. The lowest BCUT2D eigenvalue weighted by atomic mass is 10.1. The third kappa shape index (κ3) is 3.46. The molecule has 4 rings (SSSR count). The number of hydrogen-bond acceptors (Lipinski definition) is 3. The van der Waals surface area contributed by atoms with Gasteiger partial charge in [0.15, 0.2) is 0 Å². The number of fused-ring (bicyclic) bond motifs is 1. The molecule has 1 fully saturated rings. The van der Waals surface area contributed by atoms with E-state index in [1.54, 1.807) is 12.4 Å². The van der Waals surface area contributed by atoms with Gasteiger partial charge in [-0.15, -0.1) is 0 Å². The van der Waals surface area contributed by atoms with Crippen molar-refractivity contribution in [2.45, 2.75) is 19.3 Å². The van der Waals surface area contributed by atoms with Crippen LogP contribution < -0.4 is 5.43 Å². The van der Waals surface area contributed by atoms with Gasteiger partial charge in [0.05, 0.1) is 11.7 Å². The predicted molar refractivity (Wildman–Crippen MR) is 105 cm³/mol. The molecule has 2 unspecified atom stereocenters. The molecule has 26 heavy (non-hydrogen) atoms. The number of halogens is 1. The van der Waals surface area contributed by atoms with Crippen LogP contribution in [-0.2, 0) is 4.79 Å². The van der Waals surface area contributed by atoms with Gasteiger partial charge in [-0.3, -0.25) is 9.78 Å². The Labute approximate surface area is 156 Å². The number of aromatic nitrogens is 1. The summed E-state index contributed by atoms with van der Waals surface area (Å²) in [6, 6.07) is 15.6. The Bertz CT molecular complexity index is 1020. The molecule has 2 aromatic carbocycles. The number of aryl methyl sites for hydroxylation is 1. The van der Waals surface area contributed by atoms with Crippen molar-refractivity contribution in [2.75, 3.05) is 0 Å². The number of rotatable bonds is 4. The Balaban J connectivity index is 1.41. The monoisotopic (exact) mass is 363 g/mol. The molecule has 0 spiro atoms. The van der Waals surface area contributed by atoms with Gasteiger partial charge in [-0.1, -0.05) is 29.8 Å². The summed E-state index contributed by atoms with van der Waals surface area (Å²) in [5.74, 6) is 0.149. The van der Waals surface area contributed by atoms with Crippen molar-refractivity contribution in [3.63, 3.8) is 0 Å². The van der Waals surface area contributed by atoms with Crippen molar-refractivity contribution in [1.82, 2.24) is 10.4 Å². The maximum absolute atomic E-state index is 12.3. The average Bonchev–Trinajstić information content (AvgIpc) is 3.43. The summed E-state index contributed by atoms with van der Waals surface area (Å²) < 4.78 is 0. The highest BCUT2D eigenvalue weighted by Crippen LogP contribution is 2.47. The Kier molecular flexibility index (Phi) is 4.43. The van der Waals surface area contributed by atoms with Crippen LogP contribution in [0.4, 0.5) is 0 Å². The number of benzene rings is 2. The molecule has 1 aromatic heterocycles. The lowest BCUT2D eigenvalue weighted by Gasteiger charge is -2.03. The number of pyridine rings is 1. The van der Waals surface area contributed by atoms with Crippen molar-refractivity contribution in [3.05, 3.63) is 76.4 Å². The van der Waals surface area contributed by atoms with Crippen LogP contribution in [-0.4, -0.2) is 17.1 Å². The molecule has 1 aliphatic rings. The Morgan fingerprint density at radius 1 is 1.27 bits per heavy atom. The fourth-order valence-electron chi connectivity index (χ4n) is 3.32. The topological polar surface area (TPSA) is 54.4 Å². The second-order valence-corrected chi connectivity index (χ2v) is 7.09. The molecule has 5 heteroatoms. The molecule has 1 saturated carbocycles. The van der Waals surface area contributed by atoms with Gasteiger partial charge in [0.25, 0.3) is 0 Å². The fraction of sp³-hybridized carbons (Fsp3) is 0.190. The largest absolute Gasteiger partial charge is 0.273 e. The second-order valence-electron chi connectivity index (χ2n) is 6.65. The van der Waals surface area contributed by atoms with Gasteiger partial charge in [0.1, 0.15) is 0 Å². The molecule has 1 N–H and O–H groups in total. The Morgan fingerprint density at radius 2 is 2.15 bits per heavy atom. The van der Waals surface area contributed by atoms with Gasteiger partial charge in [0.2, 0.25) is 5.91 Å². The average molecular weight is 364 g/mol. The Morgan fingerprint density at radius 3 is 3.00 bits per heavy atom. The zero-order chi connectivity index (χ0) is 18.1. The van der Waals surface area contributed by atoms with Crippen LogP contribution in [0.1, 0.15) is 29.0 Å². The van der Waals surface area contributed by atoms with E-state index < -0.39 is 0 Å². The standard InChI is InChI=1S/C21H18ClN3O/c1-13-8-14(9-16-5-3-7-23-20(13)16)12-24-25-21(26)19-11-18(19)15-4-2-6-17(22)10-15/h2-10,12,18-19H,11H2,1H3,(H,25,26)/b24-12-. The Hall–Kier alpha value is -2.72. The van der Waals surface area contributed by atoms with E-state index in [2.05, 4.69) is 15.5 Å². The number of hydrazone groups is 1. The molecule has 1 aliphatic carbocycles. The van der Waals surface area contributed by atoms with Gasteiger partial charge < -0.3 is 0 Å². The third-order valence-corrected chi connectivity index (χ3v) is 4.95. The second kappa shape index (κ2) is 6.89. The first-order chi connectivity index (χ1) is 12.6. The summed E-state index contributed by atoms with van der Waals surface area (Å²) in [6.07, 6.45) is 4.30. The van der Waals surface area contributed by atoms with E-state index in [-0.39, 0.29) is 17.7 Å². The molecule has 0 aliphatic heterocycles. The third-order valence-electron chi connectivity index (χ3n) is 4.71. The summed E-state index contributed by atoms with van der Waals surface area (Å²) in [5, 5.41) is 5.89. The predicted octanol–water partition coefficient (Wildman–Crippen LogP) is 4.45. The first-order valence-electron chi connectivity index (χ1n) is 8.55. The molecule has 4 nitrogen and oxygen atoms in total. The number of carbonyl (C=O) groups excluding carboxylic acids is 1. The molecule has 1 amide bonds. The number of amides is 1. The summed E-state index contributed by atoms with van der Waals surface area (Å²) >= 11 is 6.02. The van der Waals surface area contributed by atoms with E-state index in [1.165, 1.54) is 0 Å². The van der Waals surface area contributed by atoms with Gasteiger partial charge >= 0.3 is 0 Å². The summed E-state index contributed by atoms with van der Waals surface area (Å²) in [6.45, 7) is 2.02. The molecule has 0 bridgehead atoms. The maximum atomic E-state index is 12.3. The number of nitrogens with one attached hydrogen (secondary N) is 1. The van der Waals surface area contributed by atoms with Crippen LogP contribution in [0.3, 0.4) is 0 Å². The smallest absolute Gasteiger partial charge is 0.243 e. The van der Waals surface area contributed by atoms with Crippen LogP contribution in [0.15, 0.2) is 59.8 Å². The summed E-state index contributed by atoms with van der Waals surface area (Å²) in [4.78, 5) is 16.7. The van der Waals surface area contributed by atoms with Crippen molar-refractivity contribution in [3.8, 4) is 0 Å². The van der Waals surface area contributed by atoms with Crippen molar-refractivity contribution >= 4 is 34.6 Å². The van der Waals surface area contributed by atoms with Gasteiger partial charge in [-0.2, -0.15) is 5.10 Å². The van der Waals surface area contributed by atoms with Crippen LogP contribution in [0, 0.1) is 12.8 Å². The zero-order valence-electron chi connectivity index (χ0n) is 14.3. The van der Waals surface area contributed by atoms with E-state index in [4.69, 9.17) is 11.6 Å². The molecule has 2 atom stereocenters. The minimum absolute atomic E-state index is 0.0341. The normalized spacial score (nSPS) is 19.0. The summed E-state index contributed by atoms with van der Waals surface area (Å²) in [5.41, 5.74) is 6.77. The van der Waals surface area contributed by atoms with Crippen LogP contribution in [0.2, 0.25) is 5.02 Å². The van der Waals surface area contributed by atoms with Crippen LogP contribution in [0.5, 0.6) is 0 Å². The van der Waals surface area contributed by atoms with E-state index in [9.17, 15) is 4.79 Å². The van der Waals surface area contributed by atoms with E-state index >= 15 is 0 Å². The van der Waals surface area contributed by atoms with Crippen molar-refractivity contribution in [1.29, 1.82) is 0 Å². The SMILES string of the molecule is Cc1cc(/C=N\NC(=O)C2CC2c2cccc(Cl)c2)cc2cccnc12. The minimum Gasteiger partial charge on any atom is -0.273 e. The molecular formula is C21H18ClN3O. The van der Waals surface area contributed by atoms with Crippen molar-refractivity contribution < 1.29 is 4.79 Å².